The van der Waals surface area contributed by atoms with Crippen LogP contribution in [-0.4, -0.2) is 32.3 Å². The number of pyridine rings is 2. The van der Waals surface area contributed by atoms with Gasteiger partial charge in [-0.15, -0.1) is 0 Å². The van der Waals surface area contributed by atoms with Gasteiger partial charge in [-0.25, -0.2) is 14.8 Å². The molecule has 0 radical (unpaired) electrons. The van der Waals surface area contributed by atoms with Crippen LogP contribution >= 0.6 is 23.2 Å². The Kier molecular flexibility index (Phi) is 7.26. The molecule has 182 valence electrons. The van der Waals surface area contributed by atoms with E-state index < -0.39 is 29.2 Å². The number of ether oxygens (including phenoxy) is 1. The quantitative estimate of drug-likeness (QED) is 0.404. The average Bonchev–Trinajstić information content (AvgIpc) is 2.78. The van der Waals surface area contributed by atoms with Gasteiger partial charge in [0.05, 0.1) is 5.56 Å². The van der Waals surface area contributed by atoms with Crippen LogP contribution in [0.3, 0.4) is 0 Å². The highest BCUT2D eigenvalue weighted by atomic mass is 35.5. The zero-order chi connectivity index (χ0) is 26.1. The van der Waals surface area contributed by atoms with E-state index in [0.717, 1.165) is 31.5 Å². The fourth-order valence-electron chi connectivity index (χ4n) is 3.44. The zero-order valence-electron chi connectivity index (χ0n) is 18.1. The summed E-state index contributed by atoms with van der Waals surface area (Å²) in [4.78, 5) is 18.5. The number of hydrogen-bond donors (Lipinski definition) is 2. The molecular formula is C23H16Cl2F3N3O4. The van der Waals surface area contributed by atoms with Crippen LogP contribution in [-0.2, 0) is 5.60 Å². The number of nitriles is 1. The van der Waals surface area contributed by atoms with Crippen molar-refractivity contribution in [3.8, 4) is 17.7 Å². The Morgan fingerprint density at radius 2 is 1.83 bits per heavy atom. The van der Waals surface area contributed by atoms with Gasteiger partial charge in [0.25, 0.3) is 0 Å². The van der Waals surface area contributed by atoms with E-state index in [4.69, 9.17) is 38.3 Å². The molecule has 12 heteroatoms. The van der Waals surface area contributed by atoms with Gasteiger partial charge < -0.3 is 14.9 Å². The van der Waals surface area contributed by atoms with Crippen molar-refractivity contribution in [3.05, 3.63) is 80.7 Å². The van der Waals surface area contributed by atoms with Crippen LogP contribution in [0.25, 0.3) is 0 Å². The van der Waals surface area contributed by atoms with Gasteiger partial charge >= 0.3 is 12.1 Å². The fourth-order valence-corrected chi connectivity index (χ4v) is 3.98. The molecule has 0 fully saturated rings. The maximum absolute atomic E-state index is 14.2. The normalized spacial score (nSPS) is 14.0. The number of aryl methyl sites for hydroxylation is 1. The molecule has 0 aliphatic carbocycles. The third-order valence-corrected chi connectivity index (χ3v) is 5.99. The number of benzene rings is 1. The Morgan fingerprint density at radius 1 is 1.14 bits per heavy atom. The predicted octanol–water partition coefficient (Wildman–Crippen LogP) is 6.01. The summed E-state index contributed by atoms with van der Waals surface area (Å²) in [5, 5.41) is 28.7. The number of rotatable bonds is 6. The number of nitrogens with zero attached hydrogens (tertiary/aromatic N) is 3. The lowest BCUT2D eigenvalue weighted by Crippen LogP contribution is -2.46. The Morgan fingerprint density at radius 3 is 2.34 bits per heavy atom. The second kappa shape index (κ2) is 9.70. The Labute approximate surface area is 207 Å². The average molecular weight is 526 g/mol. The first kappa shape index (κ1) is 26.2. The van der Waals surface area contributed by atoms with Crippen LogP contribution in [0.2, 0.25) is 10.0 Å². The number of carboxylic acid groups (broad SMARTS) is 1. The maximum Gasteiger partial charge on any atom is 0.422 e. The molecule has 0 aliphatic heterocycles. The lowest BCUT2D eigenvalue weighted by atomic mass is 9.78. The summed E-state index contributed by atoms with van der Waals surface area (Å²) >= 11 is 12.3. The Balaban J connectivity index is 1.98. The van der Waals surface area contributed by atoms with Gasteiger partial charge in [0.2, 0.25) is 5.88 Å². The highest BCUT2D eigenvalue weighted by molar-refractivity contribution is 6.32. The summed E-state index contributed by atoms with van der Waals surface area (Å²) in [5.74, 6) is -2.90. The summed E-state index contributed by atoms with van der Waals surface area (Å²) in [5.41, 5.74) is -4.01. The molecule has 2 atom stereocenters. The monoisotopic (exact) mass is 525 g/mol. The largest absolute Gasteiger partial charge is 0.478 e. The van der Waals surface area contributed by atoms with Crippen molar-refractivity contribution in [2.24, 2.45) is 0 Å². The summed E-state index contributed by atoms with van der Waals surface area (Å²) in [6.45, 7) is 2.57. The number of carbonyl (C=O) groups is 1. The lowest BCUT2D eigenvalue weighted by Gasteiger charge is -2.37. The van der Waals surface area contributed by atoms with E-state index in [9.17, 15) is 23.1 Å². The molecule has 0 saturated heterocycles. The minimum Gasteiger partial charge on any atom is -0.478 e. The van der Waals surface area contributed by atoms with Crippen LogP contribution in [0, 0.1) is 18.3 Å². The Bertz CT molecular complexity index is 1340. The SMILES string of the molecule is Cc1cc([C@](O)([C@H](C)c2ccc(Oc3ncc(C(=O)O)cc3Cl)cc2Cl)C(F)(F)F)cnc1C#N. The van der Waals surface area contributed by atoms with E-state index in [1.807, 2.05) is 0 Å². The molecule has 35 heavy (non-hydrogen) atoms. The van der Waals surface area contributed by atoms with Gasteiger partial charge in [0, 0.05) is 28.9 Å². The zero-order valence-corrected chi connectivity index (χ0v) is 19.6. The second-order valence-corrected chi connectivity index (χ2v) is 8.40. The molecule has 3 aromatic rings. The van der Waals surface area contributed by atoms with Crippen molar-refractivity contribution in [1.29, 1.82) is 5.26 Å². The van der Waals surface area contributed by atoms with Crippen molar-refractivity contribution in [1.82, 2.24) is 9.97 Å². The molecular weight excluding hydrogens is 510 g/mol. The van der Waals surface area contributed by atoms with Gasteiger partial charge in [-0.3, -0.25) is 0 Å². The highest BCUT2D eigenvalue weighted by Crippen LogP contribution is 2.50. The van der Waals surface area contributed by atoms with Crippen LogP contribution in [0.1, 0.15) is 45.6 Å². The molecule has 0 spiro atoms. The van der Waals surface area contributed by atoms with Gasteiger partial charge in [-0.1, -0.05) is 36.2 Å². The number of carboxylic acids is 1. The molecule has 0 amide bonds. The lowest BCUT2D eigenvalue weighted by molar-refractivity contribution is -0.274. The van der Waals surface area contributed by atoms with Gasteiger partial charge in [-0.05, 0) is 42.3 Å². The number of halogens is 5. The number of hydrogen-bond acceptors (Lipinski definition) is 6. The predicted molar refractivity (Wildman–Crippen MR) is 120 cm³/mol. The number of aromatic carboxylic acids is 1. The minimum atomic E-state index is -5.11. The molecule has 2 aromatic heterocycles. The summed E-state index contributed by atoms with van der Waals surface area (Å²) in [6.07, 6.45) is -3.27. The molecule has 3 rings (SSSR count). The Hall–Kier alpha value is -3.39. The van der Waals surface area contributed by atoms with E-state index in [2.05, 4.69) is 9.97 Å². The first-order valence-electron chi connectivity index (χ1n) is 9.82. The third-order valence-electron chi connectivity index (χ3n) is 5.39. The summed E-state index contributed by atoms with van der Waals surface area (Å²) < 4.78 is 48.1. The first-order valence-corrected chi connectivity index (χ1v) is 10.6. The summed E-state index contributed by atoms with van der Waals surface area (Å²) in [7, 11) is 0. The van der Waals surface area contributed by atoms with E-state index in [1.165, 1.54) is 25.1 Å². The summed E-state index contributed by atoms with van der Waals surface area (Å²) in [6, 6.07) is 7.74. The van der Waals surface area contributed by atoms with E-state index in [1.54, 1.807) is 6.07 Å². The minimum absolute atomic E-state index is 0.0406. The smallest absolute Gasteiger partial charge is 0.422 e. The van der Waals surface area contributed by atoms with Gasteiger partial charge in [-0.2, -0.15) is 18.4 Å². The molecule has 0 unspecified atom stereocenters. The topological polar surface area (TPSA) is 116 Å². The third kappa shape index (κ3) is 5.03. The fraction of sp³-hybridized carbons (Fsp3) is 0.217. The van der Waals surface area contributed by atoms with Gasteiger partial charge in [0.15, 0.2) is 5.60 Å². The molecule has 2 heterocycles. The second-order valence-electron chi connectivity index (χ2n) is 7.59. The van der Waals surface area contributed by atoms with Gasteiger partial charge in [0.1, 0.15) is 22.5 Å². The molecule has 0 bridgehead atoms. The van der Waals surface area contributed by atoms with Crippen molar-refractivity contribution < 1.29 is 32.9 Å². The van der Waals surface area contributed by atoms with Crippen LogP contribution < -0.4 is 4.74 Å². The van der Waals surface area contributed by atoms with Crippen LogP contribution in [0.15, 0.2) is 42.7 Å². The highest BCUT2D eigenvalue weighted by Gasteiger charge is 2.59. The number of aliphatic hydroxyl groups is 1. The van der Waals surface area contributed by atoms with Crippen molar-refractivity contribution in [2.75, 3.05) is 0 Å². The number of alkyl halides is 3. The first-order chi connectivity index (χ1) is 16.3. The van der Waals surface area contributed by atoms with Crippen molar-refractivity contribution in [3.63, 3.8) is 0 Å². The standard InChI is InChI=1S/C23H16Cl2F3N3O4/c1-11-5-14(10-30-19(11)8-29)22(34,23(26,27)28)12(2)16-4-3-15(7-17(16)24)35-20-18(25)6-13(9-31-20)21(32)33/h3-7,9-10,12,34H,1-2H3,(H,32,33)/t12-,22-/m1/s1. The molecule has 0 saturated carbocycles. The van der Waals surface area contributed by atoms with E-state index in [-0.39, 0.29) is 44.1 Å². The molecule has 7 nitrogen and oxygen atoms in total. The molecule has 0 aliphatic rings. The molecule has 1 aromatic carbocycles. The van der Waals surface area contributed by atoms with Crippen molar-refractivity contribution >= 4 is 29.2 Å². The maximum atomic E-state index is 14.2. The van der Waals surface area contributed by atoms with E-state index >= 15 is 0 Å². The van der Waals surface area contributed by atoms with E-state index in [0.29, 0.717) is 0 Å². The molecule has 2 N–H and O–H groups in total. The van der Waals surface area contributed by atoms with Crippen LogP contribution in [0.5, 0.6) is 11.6 Å². The van der Waals surface area contributed by atoms with Crippen molar-refractivity contribution in [2.45, 2.75) is 31.5 Å². The van der Waals surface area contributed by atoms with Crippen LogP contribution in [0.4, 0.5) is 13.2 Å². The number of aromatic nitrogens is 2.